The zero-order valence-electron chi connectivity index (χ0n) is 20.7. The van der Waals surface area contributed by atoms with E-state index < -0.39 is 83.0 Å². The highest BCUT2D eigenvalue weighted by Crippen LogP contribution is 2.44. The van der Waals surface area contributed by atoms with Crippen LogP contribution in [-0.2, 0) is 24.5 Å². The molecule has 0 saturated carbocycles. The standard InChI is InChI=1S/C24H20F9N5O3/c25-22(26,27)13-6-4-12(5-7-13)11-38-9-3-1-2-8-21(40,24(31,32)33)20-37-36-18(41-20)17-15(34)10-14(23(28,29)30)16(35-17)19(38)39/h4-7,10,40H,1-3,8-9,11,34H2/t21-/m1/s1. The number of hydrogen-bond donors (Lipinski definition) is 2. The third kappa shape index (κ3) is 6.08. The molecule has 3 aromatic rings. The van der Waals surface area contributed by atoms with Gasteiger partial charge in [0.15, 0.2) is 5.69 Å². The molecule has 0 radical (unpaired) electrons. The SMILES string of the molecule is Nc1cc(C(F)(F)F)c2nc1-c1nnc(o1)[C@@](O)(C(F)(F)F)CCCCCN(Cc1ccc(C(F)(F)F)cc1)C2=O. The lowest BCUT2D eigenvalue weighted by Crippen LogP contribution is -2.42. The minimum Gasteiger partial charge on any atom is -0.416 e. The number of nitrogen functional groups attached to an aromatic ring is 1. The molecule has 1 aromatic carbocycles. The monoisotopic (exact) mass is 597 g/mol. The van der Waals surface area contributed by atoms with Crippen LogP contribution in [0.3, 0.4) is 0 Å². The van der Waals surface area contributed by atoms with Crippen LogP contribution in [0.1, 0.15) is 58.8 Å². The first kappa shape index (κ1) is 30.1. The Morgan fingerprint density at radius 1 is 0.927 bits per heavy atom. The van der Waals surface area contributed by atoms with Crippen LogP contribution in [0.4, 0.5) is 45.2 Å². The summed E-state index contributed by atoms with van der Waals surface area (Å²) in [5.41, 5.74) is -3.05. The van der Waals surface area contributed by atoms with Gasteiger partial charge in [-0.1, -0.05) is 18.6 Å². The van der Waals surface area contributed by atoms with Crippen molar-refractivity contribution in [1.82, 2.24) is 20.1 Å². The van der Waals surface area contributed by atoms with Crippen molar-refractivity contribution in [3.05, 3.63) is 58.6 Å². The number of nitrogens with zero attached hydrogens (tertiary/aromatic N) is 4. The molecule has 4 bridgehead atoms. The largest absolute Gasteiger partial charge is 0.426 e. The van der Waals surface area contributed by atoms with Crippen molar-refractivity contribution in [2.75, 3.05) is 12.3 Å². The van der Waals surface area contributed by atoms with Gasteiger partial charge < -0.3 is 20.2 Å². The van der Waals surface area contributed by atoms with E-state index in [1.807, 2.05) is 0 Å². The molecule has 0 spiro atoms. The van der Waals surface area contributed by atoms with Crippen LogP contribution in [0, 0.1) is 0 Å². The summed E-state index contributed by atoms with van der Waals surface area (Å²) in [6.07, 6.45) is -16.4. The summed E-state index contributed by atoms with van der Waals surface area (Å²) in [6.45, 7) is -0.756. The predicted octanol–water partition coefficient (Wildman–Crippen LogP) is 5.72. The maximum atomic E-state index is 13.9. The number of pyridine rings is 1. The molecule has 222 valence electrons. The lowest BCUT2D eigenvalue weighted by Gasteiger charge is -2.27. The van der Waals surface area contributed by atoms with Crippen molar-refractivity contribution in [3.63, 3.8) is 0 Å². The minimum atomic E-state index is -5.28. The van der Waals surface area contributed by atoms with Crippen molar-refractivity contribution in [2.24, 2.45) is 0 Å². The van der Waals surface area contributed by atoms with Gasteiger partial charge in [-0.3, -0.25) is 4.79 Å². The number of benzene rings is 1. The van der Waals surface area contributed by atoms with E-state index in [0.717, 1.165) is 29.2 Å². The zero-order valence-corrected chi connectivity index (χ0v) is 20.7. The van der Waals surface area contributed by atoms with Gasteiger partial charge in [-0.15, -0.1) is 10.2 Å². The molecule has 4 rings (SSSR count). The van der Waals surface area contributed by atoms with Crippen LogP contribution in [0.5, 0.6) is 0 Å². The number of halogens is 9. The summed E-state index contributed by atoms with van der Waals surface area (Å²) in [5.74, 6) is -3.44. The highest BCUT2D eigenvalue weighted by atomic mass is 19.4. The first-order valence-electron chi connectivity index (χ1n) is 11.9. The molecule has 1 aliphatic heterocycles. The number of rotatable bonds is 2. The molecule has 0 fully saturated rings. The van der Waals surface area contributed by atoms with Crippen LogP contribution in [0.2, 0.25) is 0 Å². The lowest BCUT2D eigenvalue weighted by molar-refractivity contribution is -0.277. The number of carbonyl (C=O) groups is 1. The van der Waals surface area contributed by atoms with Crippen molar-refractivity contribution in [2.45, 2.75) is 56.4 Å². The van der Waals surface area contributed by atoms with Crippen molar-refractivity contribution < 1.29 is 53.8 Å². The fourth-order valence-electron chi connectivity index (χ4n) is 4.22. The fourth-order valence-corrected chi connectivity index (χ4v) is 4.22. The quantitative estimate of drug-likeness (QED) is 0.363. The molecule has 3 heterocycles. The number of alkyl halides is 9. The fraction of sp³-hybridized carbons (Fsp3) is 0.417. The van der Waals surface area contributed by atoms with Gasteiger partial charge in [0.05, 0.1) is 16.8 Å². The average molecular weight is 597 g/mol. The highest BCUT2D eigenvalue weighted by Gasteiger charge is 2.58. The first-order chi connectivity index (χ1) is 18.9. The van der Waals surface area contributed by atoms with E-state index >= 15 is 0 Å². The van der Waals surface area contributed by atoms with Crippen LogP contribution >= 0.6 is 0 Å². The molecule has 0 aliphatic carbocycles. The number of aromatic nitrogens is 3. The number of hydrogen-bond acceptors (Lipinski definition) is 7. The van der Waals surface area contributed by atoms with Crippen LogP contribution < -0.4 is 5.73 Å². The second-order valence-electron chi connectivity index (χ2n) is 9.32. The van der Waals surface area contributed by atoms with Crippen molar-refractivity contribution in [3.8, 4) is 11.6 Å². The topological polar surface area (TPSA) is 118 Å². The molecule has 1 amide bonds. The summed E-state index contributed by atoms with van der Waals surface area (Å²) in [7, 11) is 0. The molecule has 3 N–H and O–H groups in total. The predicted molar refractivity (Wildman–Crippen MR) is 122 cm³/mol. The summed E-state index contributed by atoms with van der Waals surface area (Å²) in [4.78, 5) is 18.0. The van der Waals surface area contributed by atoms with Gasteiger partial charge in [-0.05, 0) is 43.0 Å². The van der Waals surface area contributed by atoms with E-state index in [2.05, 4.69) is 15.2 Å². The third-order valence-corrected chi connectivity index (χ3v) is 6.42. The van der Waals surface area contributed by atoms with Gasteiger partial charge in [0, 0.05) is 13.1 Å². The van der Waals surface area contributed by atoms with Crippen molar-refractivity contribution >= 4 is 11.6 Å². The van der Waals surface area contributed by atoms with E-state index in [0.29, 0.717) is 6.07 Å². The van der Waals surface area contributed by atoms with Crippen molar-refractivity contribution in [1.29, 1.82) is 0 Å². The van der Waals surface area contributed by atoms with Gasteiger partial charge in [0.2, 0.25) is 5.60 Å². The molecule has 2 aromatic heterocycles. The normalized spacial score (nSPS) is 19.3. The van der Waals surface area contributed by atoms with E-state index in [-0.39, 0.29) is 31.4 Å². The average Bonchev–Trinajstić information content (AvgIpc) is 3.35. The first-order valence-corrected chi connectivity index (χ1v) is 11.9. The summed E-state index contributed by atoms with van der Waals surface area (Å²) < 4.78 is 127. The van der Waals surface area contributed by atoms with Gasteiger partial charge in [0.1, 0.15) is 5.69 Å². The second-order valence-corrected chi connectivity index (χ2v) is 9.32. The Hall–Kier alpha value is -3.89. The molecule has 1 atom stereocenters. The summed E-state index contributed by atoms with van der Waals surface area (Å²) in [5, 5.41) is 17.1. The summed E-state index contributed by atoms with van der Waals surface area (Å²) >= 11 is 0. The van der Waals surface area contributed by atoms with Crippen LogP contribution in [0.15, 0.2) is 34.7 Å². The molecule has 1 aliphatic rings. The van der Waals surface area contributed by atoms with Gasteiger partial charge in [-0.2, -0.15) is 39.5 Å². The molecule has 8 nitrogen and oxygen atoms in total. The van der Waals surface area contributed by atoms with E-state index in [1.165, 1.54) is 0 Å². The number of amides is 1. The zero-order chi connectivity index (χ0) is 30.4. The molecular formula is C24H20F9N5O3. The Bertz CT molecular complexity index is 1420. The Morgan fingerprint density at radius 2 is 1.59 bits per heavy atom. The van der Waals surface area contributed by atoms with E-state index in [1.54, 1.807) is 0 Å². The Labute approximate surface area is 225 Å². The molecule has 0 unspecified atom stereocenters. The molecular weight excluding hydrogens is 577 g/mol. The third-order valence-electron chi connectivity index (χ3n) is 6.42. The summed E-state index contributed by atoms with van der Waals surface area (Å²) in [6, 6.07) is 3.87. The number of anilines is 1. The number of nitrogens with two attached hydrogens (primary N) is 1. The Balaban J connectivity index is 1.83. The number of carbonyl (C=O) groups excluding carboxylic acids is 1. The molecule has 0 saturated heterocycles. The van der Waals surface area contributed by atoms with Gasteiger partial charge in [-0.25, -0.2) is 4.98 Å². The maximum absolute atomic E-state index is 13.9. The van der Waals surface area contributed by atoms with Crippen LogP contribution in [-0.4, -0.2) is 43.8 Å². The number of aliphatic hydroxyl groups is 1. The van der Waals surface area contributed by atoms with E-state index in [9.17, 15) is 49.4 Å². The number of fused-ring (bicyclic) bond motifs is 5. The minimum absolute atomic E-state index is 0.0390. The Kier molecular flexibility index (Phi) is 7.70. The second kappa shape index (κ2) is 10.5. The van der Waals surface area contributed by atoms with E-state index in [4.69, 9.17) is 10.2 Å². The van der Waals surface area contributed by atoms with Gasteiger partial charge in [0.25, 0.3) is 17.7 Å². The highest BCUT2D eigenvalue weighted by molar-refractivity contribution is 5.95. The maximum Gasteiger partial charge on any atom is 0.426 e. The lowest BCUT2D eigenvalue weighted by atomic mass is 9.95. The van der Waals surface area contributed by atoms with Gasteiger partial charge >= 0.3 is 18.5 Å². The Morgan fingerprint density at radius 3 is 2.17 bits per heavy atom. The van der Waals surface area contributed by atoms with Crippen LogP contribution in [0.25, 0.3) is 11.6 Å². The smallest absolute Gasteiger partial charge is 0.416 e. The molecule has 41 heavy (non-hydrogen) atoms. The molecule has 17 heteroatoms.